The van der Waals surface area contributed by atoms with Crippen LogP contribution in [-0.2, 0) is 4.74 Å². The van der Waals surface area contributed by atoms with Gasteiger partial charge in [-0.2, -0.15) is 0 Å². The van der Waals surface area contributed by atoms with Gasteiger partial charge in [-0.15, -0.1) is 0 Å². The molecule has 1 atom stereocenters. The van der Waals surface area contributed by atoms with Crippen molar-refractivity contribution in [3.63, 3.8) is 0 Å². The van der Waals surface area contributed by atoms with E-state index in [2.05, 4.69) is 55.0 Å². The van der Waals surface area contributed by atoms with Gasteiger partial charge in [0.1, 0.15) is 5.82 Å². The molecule has 1 aromatic heterocycles. The van der Waals surface area contributed by atoms with Crippen molar-refractivity contribution in [1.29, 1.82) is 0 Å². The zero-order valence-corrected chi connectivity index (χ0v) is 13.5. The molecular weight excluding hydrogens is 250 g/mol. The molecule has 0 amide bonds. The number of nitrogens with one attached hydrogen (secondary N) is 1. The fourth-order valence-corrected chi connectivity index (χ4v) is 2.17. The lowest BCUT2D eigenvalue weighted by Gasteiger charge is -2.28. The fourth-order valence-electron chi connectivity index (χ4n) is 2.17. The molecule has 1 rings (SSSR count). The van der Waals surface area contributed by atoms with Crippen molar-refractivity contribution < 1.29 is 4.74 Å². The standard InChI is InChI=1S/C16H29N3O/c1-6-8-17-14(4)15-7-9-18-16(12-15)19(13(2)3)10-11-20-5/h7,9,12-14,17H,6,8,10-11H2,1-5H3. The van der Waals surface area contributed by atoms with E-state index in [4.69, 9.17) is 4.74 Å². The minimum atomic E-state index is 0.355. The molecule has 0 bridgehead atoms. The lowest BCUT2D eigenvalue weighted by Crippen LogP contribution is -2.34. The zero-order valence-electron chi connectivity index (χ0n) is 13.5. The van der Waals surface area contributed by atoms with Crippen LogP contribution in [0.5, 0.6) is 0 Å². The van der Waals surface area contributed by atoms with Crippen LogP contribution in [0, 0.1) is 0 Å². The second kappa shape index (κ2) is 8.93. The van der Waals surface area contributed by atoms with Gasteiger partial charge in [0.05, 0.1) is 6.61 Å². The van der Waals surface area contributed by atoms with Gasteiger partial charge < -0.3 is 15.0 Å². The molecule has 0 aliphatic carbocycles. The molecule has 1 unspecified atom stereocenters. The highest BCUT2D eigenvalue weighted by atomic mass is 16.5. The summed E-state index contributed by atoms with van der Waals surface area (Å²) in [5.74, 6) is 1.03. The van der Waals surface area contributed by atoms with Crippen LogP contribution in [0.1, 0.15) is 45.7 Å². The Morgan fingerprint density at radius 2 is 2.10 bits per heavy atom. The Bertz CT molecular complexity index is 382. The van der Waals surface area contributed by atoms with Gasteiger partial charge in [-0.05, 0) is 51.4 Å². The summed E-state index contributed by atoms with van der Waals surface area (Å²) in [6.45, 7) is 11.4. The Hall–Kier alpha value is -1.13. The van der Waals surface area contributed by atoms with Crippen LogP contribution >= 0.6 is 0 Å². The molecule has 1 N–H and O–H groups in total. The highest BCUT2D eigenvalue weighted by Crippen LogP contribution is 2.19. The number of hydrogen-bond donors (Lipinski definition) is 1. The van der Waals surface area contributed by atoms with Crippen molar-refractivity contribution in [2.75, 3.05) is 31.7 Å². The maximum atomic E-state index is 5.19. The molecule has 0 saturated carbocycles. The van der Waals surface area contributed by atoms with Crippen LogP contribution < -0.4 is 10.2 Å². The fraction of sp³-hybridized carbons (Fsp3) is 0.688. The van der Waals surface area contributed by atoms with Gasteiger partial charge in [-0.1, -0.05) is 6.92 Å². The SMILES string of the molecule is CCCNC(C)c1ccnc(N(CCOC)C(C)C)c1. The van der Waals surface area contributed by atoms with Gasteiger partial charge in [0.2, 0.25) is 0 Å². The molecule has 0 radical (unpaired) electrons. The van der Waals surface area contributed by atoms with E-state index in [0.29, 0.717) is 18.7 Å². The number of nitrogens with zero attached hydrogens (tertiary/aromatic N) is 2. The highest BCUT2D eigenvalue weighted by molar-refractivity contribution is 5.42. The minimum absolute atomic E-state index is 0.355. The van der Waals surface area contributed by atoms with Gasteiger partial charge in [0.25, 0.3) is 0 Å². The van der Waals surface area contributed by atoms with Crippen LogP contribution in [0.4, 0.5) is 5.82 Å². The maximum Gasteiger partial charge on any atom is 0.129 e. The summed E-state index contributed by atoms with van der Waals surface area (Å²) in [5.41, 5.74) is 1.28. The van der Waals surface area contributed by atoms with Crippen LogP contribution in [-0.4, -0.2) is 37.8 Å². The molecule has 0 aliphatic rings. The molecule has 0 saturated heterocycles. The van der Waals surface area contributed by atoms with E-state index in [1.165, 1.54) is 5.56 Å². The van der Waals surface area contributed by atoms with Gasteiger partial charge in [-0.3, -0.25) is 0 Å². The third-order valence-corrected chi connectivity index (χ3v) is 3.42. The zero-order chi connectivity index (χ0) is 15.0. The number of pyridine rings is 1. The molecule has 0 fully saturated rings. The van der Waals surface area contributed by atoms with E-state index < -0.39 is 0 Å². The lowest BCUT2D eigenvalue weighted by molar-refractivity contribution is 0.203. The smallest absolute Gasteiger partial charge is 0.129 e. The Balaban J connectivity index is 2.83. The third-order valence-electron chi connectivity index (χ3n) is 3.42. The number of aromatic nitrogens is 1. The van der Waals surface area contributed by atoms with Gasteiger partial charge >= 0.3 is 0 Å². The van der Waals surface area contributed by atoms with E-state index in [1.54, 1.807) is 7.11 Å². The summed E-state index contributed by atoms with van der Waals surface area (Å²) in [5, 5.41) is 3.52. The predicted octanol–water partition coefficient (Wildman–Crippen LogP) is 3.00. The van der Waals surface area contributed by atoms with Crippen LogP contribution in [0.15, 0.2) is 18.3 Å². The predicted molar refractivity (Wildman–Crippen MR) is 85.3 cm³/mol. The summed E-state index contributed by atoms with van der Waals surface area (Å²) in [6.07, 6.45) is 3.05. The lowest BCUT2D eigenvalue weighted by atomic mass is 10.1. The van der Waals surface area contributed by atoms with Crippen molar-refractivity contribution in [2.24, 2.45) is 0 Å². The molecule has 0 aliphatic heterocycles. The minimum Gasteiger partial charge on any atom is -0.383 e. The van der Waals surface area contributed by atoms with E-state index in [9.17, 15) is 0 Å². The van der Waals surface area contributed by atoms with Crippen molar-refractivity contribution in [3.8, 4) is 0 Å². The van der Waals surface area contributed by atoms with Crippen LogP contribution in [0.25, 0.3) is 0 Å². The Morgan fingerprint density at radius 1 is 1.35 bits per heavy atom. The van der Waals surface area contributed by atoms with Crippen molar-refractivity contribution in [3.05, 3.63) is 23.9 Å². The molecule has 4 nitrogen and oxygen atoms in total. The van der Waals surface area contributed by atoms with E-state index in [0.717, 1.165) is 25.3 Å². The first-order chi connectivity index (χ1) is 9.60. The van der Waals surface area contributed by atoms with Crippen LogP contribution in [0.2, 0.25) is 0 Å². The molecule has 0 aromatic carbocycles. The first-order valence-corrected chi connectivity index (χ1v) is 7.55. The van der Waals surface area contributed by atoms with Crippen LogP contribution in [0.3, 0.4) is 0 Å². The summed E-state index contributed by atoms with van der Waals surface area (Å²) in [6, 6.07) is 5.04. The summed E-state index contributed by atoms with van der Waals surface area (Å²) >= 11 is 0. The molecule has 4 heteroatoms. The van der Waals surface area contributed by atoms with Gasteiger partial charge in [0, 0.05) is 31.9 Å². The number of rotatable bonds is 9. The Labute approximate surface area is 123 Å². The number of hydrogen-bond acceptors (Lipinski definition) is 4. The summed E-state index contributed by atoms with van der Waals surface area (Å²) < 4.78 is 5.19. The molecule has 20 heavy (non-hydrogen) atoms. The summed E-state index contributed by atoms with van der Waals surface area (Å²) in [7, 11) is 1.74. The van der Waals surface area contributed by atoms with Gasteiger partial charge in [-0.25, -0.2) is 4.98 Å². The largest absolute Gasteiger partial charge is 0.383 e. The normalized spacial score (nSPS) is 12.7. The maximum absolute atomic E-state index is 5.19. The molecule has 114 valence electrons. The van der Waals surface area contributed by atoms with Gasteiger partial charge in [0.15, 0.2) is 0 Å². The third kappa shape index (κ3) is 5.10. The van der Waals surface area contributed by atoms with Crippen molar-refractivity contribution in [1.82, 2.24) is 10.3 Å². The van der Waals surface area contributed by atoms with Crippen molar-refractivity contribution in [2.45, 2.75) is 46.2 Å². The van der Waals surface area contributed by atoms with E-state index in [-0.39, 0.29) is 0 Å². The number of methoxy groups -OCH3 is 1. The van der Waals surface area contributed by atoms with E-state index >= 15 is 0 Å². The van der Waals surface area contributed by atoms with Crippen molar-refractivity contribution >= 4 is 5.82 Å². The Kier molecular flexibility index (Phi) is 7.55. The molecule has 0 spiro atoms. The highest BCUT2D eigenvalue weighted by Gasteiger charge is 2.13. The number of ether oxygens (including phenoxy) is 1. The Morgan fingerprint density at radius 3 is 2.70 bits per heavy atom. The average Bonchev–Trinajstić information content (AvgIpc) is 2.45. The second-order valence-corrected chi connectivity index (χ2v) is 5.40. The molecule has 1 aromatic rings. The quantitative estimate of drug-likeness (QED) is 0.754. The second-order valence-electron chi connectivity index (χ2n) is 5.40. The topological polar surface area (TPSA) is 37.4 Å². The molecule has 1 heterocycles. The average molecular weight is 279 g/mol. The monoisotopic (exact) mass is 279 g/mol. The first-order valence-electron chi connectivity index (χ1n) is 7.55. The first kappa shape index (κ1) is 16.9. The summed E-state index contributed by atoms with van der Waals surface area (Å²) in [4.78, 5) is 6.80. The number of anilines is 1. The molecular formula is C16H29N3O. The van der Waals surface area contributed by atoms with E-state index in [1.807, 2.05) is 6.20 Å².